The van der Waals surface area contributed by atoms with Gasteiger partial charge in [0.15, 0.2) is 5.11 Å². The highest BCUT2D eigenvalue weighted by Crippen LogP contribution is 2.16. The number of nitrogens with one attached hydrogen (secondary N) is 2. The Morgan fingerprint density at radius 2 is 1.61 bits per heavy atom. The molecule has 2 N–H and O–H groups in total. The van der Waals surface area contributed by atoms with Crippen LogP contribution in [0.4, 0.5) is 10.1 Å². The summed E-state index contributed by atoms with van der Waals surface area (Å²) in [5.41, 5.74) is 2.27. The van der Waals surface area contributed by atoms with Gasteiger partial charge >= 0.3 is 0 Å². The molecule has 0 saturated heterocycles. The van der Waals surface area contributed by atoms with Gasteiger partial charge < -0.3 is 10.1 Å². The number of thiocarbonyl (C=S) groups is 1. The first-order valence-corrected chi connectivity index (χ1v) is 9.16. The van der Waals surface area contributed by atoms with E-state index >= 15 is 0 Å². The molecule has 3 aromatic rings. The van der Waals surface area contributed by atoms with Crippen molar-refractivity contribution in [2.24, 2.45) is 0 Å². The van der Waals surface area contributed by atoms with E-state index in [2.05, 4.69) is 22.8 Å². The van der Waals surface area contributed by atoms with Crippen LogP contribution in [0.2, 0.25) is 0 Å². The highest BCUT2D eigenvalue weighted by molar-refractivity contribution is 7.80. The van der Waals surface area contributed by atoms with E-state index < -0.39 is 11.7 Å². The fourth-order valence-corrected chi connectivity index (χ4v) is 2.72. The van der Waals surface area contributed by atoms with Gasteiger partial charge in [-0.2, -0.15) is 0 Å². The minimum Gasteiger partial charge on any atom is -0.493 e. The molecule has 0 aliphatic rings. The molecule has 3 rings (SSSR count). The van der Waals surface area contributed by atoms with Crippen LogP contribution in [0.3, 0.4) is 0 Å². The maximum atomic E-state index is 12.9. The topological polar surface area (TPSA) is 50.4 Å². The minimum atomic E-state index is -0.404. The van der Waals surface area contributed by atoms with Gasteiger partial charge in [-0.3, -0.25) is 10.1 Å². The number of carbonyl (C=O) groups excluding carboxylic acids is 1. The van der Waals surface area contributed by atoms with Gasteiger partial charge in [-0.05, 0) is 66.3 Å². The van der Waals surface area contributed by atoms with Crippen LogP contribution in [0.25, 0.3) is 0 Å². The summed E-state index contributed by atoms with van der Waals surface area (Å²) in [5.74, 6) is -0.0514. The molecular formula is C22H19FN2O2S. The maximum Gasteiger partial charge on any atom is 0.257 e. The number of ether oxygens (including phenoxy) is 1. The Kier molecular flexibility index (Phi) is 6.70. The Bertz CT molecular complexity index is 929. The Labute approximate surface area is 168 Å². The molecule has 0 atom stereocenters. The fraction of sp³-hybridized carbons (Fsp3) is 0.0909. The molecule has 0 aromatic heterocycles. The Morgan fingerprint density at radius 3 is 2.29 bits per heavy atom. The van der Waals surface area contributed by atoms with Crippen LogP contribution in [0.1, 0.15) is 15.9 Å². The van der Waals surface area contributed by atoms with Crippen molar-refractivity contribution in [2.75, 3.05) is 11.9 Å². The lowest BCUT2D eigenvalue weighted by molar-refractivity contribution is 0.0977. The van der Waals surface area contributed by atoms with E-state index in [0.717, 1.165) is 17.9 Å². The van der Waals surface area contributed by atoms with Crippen LogP contribution in [0.15, 0.2) is 78.9 Å². The van der Waals surface area contributed by atoms with Gasteiger partial charge in [-0.25, -0.2) is 4.39 Å². The fourth-order valence-electron chi connectivity index (χ4n) is 2.50. The maximum absolute atomic E-state index is 12.9. The van der Waals surface area contributed by atoms with Gasteiger partial charge in [-0.1, -0.05) is 30.3 Å². The summed E-state index contributed by atoms with van der Waals surface area (Å²) in [6.07, 6.45) is 0.834. The zero-order valence-electron chi connectivity index (χ0n) is 15.0. The molecule has 6 heteroatoms. The van der Waals surface area contributed by atoms with Crippen molar-refractivity contribution >= 4 is 28.9 Å². The van der Waals surface area contributed by atoms with E-state index in [0.29, 0.717) is 12.2 Å². The van der Waals surface area contributed by atoms with E-state index in [-0.39, 0.29) is 5.11 Å². The molecule has 1 amide bonds. The summed E-state index contributed by atoms with van der Waals surface area (Å²) in [5, 5.41) is 5.65. The van der Waals surface area contributed by atoms with Crippen LogP contribution in [0, 0.1) is 5.82 Å². The van der Waals surface area contributed by atoms with Gasteiger partial charge in [0.2, 0.25) is 0 Å². The summed E-state index contributed by atoms with van der Waals surface area (Å²) in [7, 11) is 0. The molecule has 142 valence electrons. The third-order valence-electron chi connectivity index (χ3n) is 3.95. The summed E-state index contributed by atoms with van der Waals surface area (Å²) in [6.45, 7) is 0.586. The van der Waals surface area contributed by atoms with Crippen LogP contribution < -0.4 is 15.4 Å². The number of halogens is 1. The lowest BCUT2D eigenvalue weighted by Crippen LogP contribution is -2.34. The first kappa shape index (κ1) is 19.5. The normalized spacial score (nSPS) is 10.2. The predicted molar refractivity (Wildman–Crippen MR) is 112 cm³/mol. The van der Waals surface area contributed by atoms with E-state index in [4.69, 9.17) is 17.0 Å². The molecule has 0 fully saturated rings. The zero-order valence-corrected chi connectivity index (χ0v) is 15.8. The standard InChI is InChI=1S/C22H19FN2O2S/c23-18-8-6-17(7-9-18)21(26)25-22(28)24-19-10-12-20(13-11-19)27-15-14-16-4-2-1-3-5-16/h1-13H,14-15H2,(H2,24,25,26,28). The van der Waals surface area contributed by atoms with Crippen molar-refractivity contribution in [3.63, 3.8) is 0 Å². The molecule has 0 heterocycles. The molecule has 0 aliphatic carbocycles. The number of hydrogen-bond acceptors (Lipinski definition) is 3. The molecule has 3 aromatic carbocycles. The third-order valence-corrected chi connectivity index (χ3v) is 4.15. The molecule has 0 spiro atoms. The number of amides is 1. The van der Waals surface area contributed by atoms with Crippen molar-refractivity contribution in [3.8, 4) is 5.75 Å². The van der Waals surface area contributed by atoms with Crippen LogP contribution >= 0.6 is 12.2 Å². The highest BCUT2D eigenvalue weighted by atomic mass is 32.1. The second-order valence-electron chi connectivity index (χ2n) is 6.02. The Balaban J connectivity index is 1.46. The van der Waals surface area contributed by atoms with Crippen LogP contribution in [-0.4, -0.2) is 17.6 Å². The van der Waals surface area contributed by atoms with Crippen molar-refractivity contribution in [1.29, 1.82) is 0 Å². The largest absolute Gasteiger partial charge is 0.493 e. The van der Waals surface area contributed by atoms with E-state index in [1.807, 2.05) is 42.5 Å². The number of hydrogen-bond donors (Lipinski definition) is 2. The van der Waals surface area contributed by atoms with E-state index in [9.17, 15) is 9.18 Å². The molecule has 0 radical (unpaired) electrons. The highest BCUT2D eigenvalue weighted by Gasteiger charge is 2.08. The Hall–Kier alpha value is -3.25. The average Bonchev–Trinajstić information content (AvgIpc) is 2.70. The number of rotatable bonds is 6. The van der Waals surface area contributed by atoms with Gasteiger partial charge in [0.1, 0.15) is 11.6 Å². The summed E-state index contributed by atoms with van der Waals surface area (Å²) >= 11 is 5.15. The van der Waals surface area contributed by atoms with Gasteiger partial charge in [0.25, 0.3) is 5.91 Å². The van der Waals surface area contributed by atoms with Crippen LogP contribution in [-0.2, 0) is 6.42 Å². The van der Waals surface area contributed by atoms with Gasteiger partial charge in [0.05, 0.1) is 6.61 Å². The lowest BCUT2D eigenvalue weighted by atomic mass is 10.2. The van der Waals surface area contributed by atoms with Crippen molar-refractivity contribution < 1.29 is 13.9 Å². The zero-order chi connectivity index (χ0) is 19.8. The minimum absolute atomic E-state index is 0.159. The second kappa shape index (κ2) is 9.62. The van der Waals surface area contributed by atoms with Gasteiger partial charge in [-0.15, -0.1) is 0 Å². The second-order valence-corrected chi connectivity index (χ2v) is 6.43. The molecular weight excluding hydrogens is 375 g/mol. The summed E-state index contributed by atoms with van der Waals surface area (Å²) in [4.78, 5) is 12.1. The Morgan fingerprint density at radius 1 is 0.929 bits per heavy atom. The lowest BCUT2D eigenvalue weighted by Gasteiger charge is -2.11. The molecule has 0 saturated carbocycles. The van der Waals surface area contributed by atoms with E-state index in [1.54, 1.807) is 0 Å². The smallest absolute Gasteiger partial charge is 0.257 e. The van der Waals surface area contributed by atoms with Crippen molar-refractivity contribution in [1.82, 2.24) is 5.32 Å². The first-order valence-electron chi connectivity index (χ1n) is 8.75. The SMILES string of the molecule is O=C(NC(=S)Nc1ccc(OCCc2ccccc2)cc1)c1ccc(F)cc1. The average molecular weight is 394 g/mol. The van der Waals surface area contributed by atoms with Gasteiger partial charge in [0, 0.05) is 17.7 Å². The predicted octanol–water partition coefficient (Wildman–Crippen LogP) is 4.57. The molecule has 4 nitrogen and oxygen atoms in total. The molecule has 0 unspecified atom stereocenters. The first-order chi connectivity index (χ1) is 13.6. The third kappa shape index (κ3) is 5.89. The summed E-state index contributed by atoms with van der Waals surface area (Å²) in [6, 6.07) is 22.7. The molecule has 0 aliphatic heterocycles. The molecule has 0 bridgehead atoms. The quantitative estimate of drug-likeness (QED) is 0.601. The number of anilines is 1. The number of carbonyl (C=O) groups is 1. The summed E-state index contributed by atoms with van der Waals surface area (Å²) < 4.78 is 18.7. The van der Waals surface area contributed by atoms with Crippen molar-refractivity contribution in [2.45, 2.75) is 6.42 Å². The monoisotopic (exact) mass is 394 g/mol. The van der Waals surface area contributed by atoms with Crippen LogP contribution in [0.5, 0.6) is 5.75 Å². The van der Waals surface area contributed by atoms with Crippen molar-refractivity contribution in [3.05, 3.63) is 95.8 Å². The van der Waals surface area contributed by atoms with E-state index in [1.165, 1.54) is 29.8 Å². The molecule has 28 heavy (non-hydrogen) atoms. The number of benzene rings is 3.